The topological polar surface area (TPSA) is 29.5 Å². The molecule has 1 amide bonds. The summed E-state index contributed by atoms with van der Waals surface area (Å²) in [5.74, 6) is 0.565. The van der Waals surface area contributed by atoms with E-state index in [0.717, 1.165) is 16.9 Å². The van der Waals surface area contributed by atoms with Gasteiger partial charge in [0.2, 0.25) is 5.91 Å². The van der Waals surface area contributed by atoms with Crippen LogP contribution in [-0.4, -0.2) is 25.0 Å². The predicted octanol–water partition coefficient (Wildman–Crippen LogP) is 3.43. The number of nitrogens with zero attached hydrogens (tertiary/aromatic N) is 1. The smallest absolute Gasteiger partial charge is 0.222 e. The van der Waals surface area contributed by atoms with Gasteiger partial charge in [-0.05, 0) is 41.8 Å². The Morgan fingerprint density at radius 2 is 1.86 bits per heavy atom. The second kappa shape index (κ2) is 7.59. The maximum absolute atomic E-state index is 13.1. The van der Waals surface area contributed by atoms with E-state index < -0.39 is 0 Å². The van der Waals surface area contributed by atoms with E-state index in [9.17, 15) is 9.18 Å². The molecule has 0 atom stereocenters. The van der Waals surface area contributed by atoms with Crippen LogP contribution in [0.3, 0.4) is 0 Å². The largest absolute Gasteiger partial charge is 0.497 e. The van der Waals surface area contributed by atoms with Crippen molar-refractivity contribution in [3.05, 3.63) is 65.5 Å². The summed E-state index contributed by atoms with van der Waals surface area (Å²) >= 11 is 0. The molecule has 4 heteroatoms. The minimum Gasteiger partial charge on any atom is -0.497 e. The van der Waals surface area contributed by atoms with Gasteiger partial charge in [0.25, 0.3) is 0 Å². The zero-order valence-corrected chi connectivity index (χ0v) is 12.9. The molecule has 0 aliphatic rings. The van der Waals surface area contributed by atoms with Crippen LogP contribution in [0.1, 0.15) is 17.5 Å². The molecule has 116 valence electrons. The molecule has 0 bridgehead atoms. The first-order valence-corrected chi connectivity index (χ1v) is 7.20. The second-order valence-corrected chi connectivity index (χ2v) is 5.23. The molecule has 0 fully saturated rings. The van der Waals surface area contributed by atoms with E-state index in [-0.39, 0.29) is 11.7 Å². The van der Waals surface area contributed by atoms with Crippen LogP contribution >= 0.6 is 0 Å². The fourth-order valence-electron chi connectivity index (χ4n) is 2.23. The molecule has 0 spiro atoms. The van der Waals surface area contributed by atoms with E-state index in [2.05, 4.69) is 0 Å². The van der Waals surface area contributed by atoms with Gasteiger partial charge in [-0.1, -0.05) is 24.3 Å². The van der Waals surface area contributed by atoms with Crippen LogP contribution in [0.5, 0.6) is 5.75 Å². The molecule has 0 aromatic heterocycles. The Kier molecular flexibility index (Phi) is 5.53. The van der Waals surface area contributed by atoms with Gasteiger partial charge in [0.1, 0.15) is 11.6 Å². The summed E-state index contributed by atoms with van der Waals surface area (Å²) in [6.45, 7) is 0.416. The number of ether oxygens (including phenoxy) is 1. The van der Waals surface area contributed by atoms with Crippen molar-refractivity contribution < 1.29 is 13.9 Å². The third-order valence-corrected chi connectivity index (χ3v) is 3.52. The van der Waals surface area contributed by atoms with E-state index in [1.807, 2.05) is 30.3 Å². The van der Waals surface area contributed by atoms with Gasteiger partial charge in [0, 0.05) is 20.0 Å². The fraction of sp³-hybridized carbons (Fsp3) is 0.278. The van der Waals surface area contributed by atoms with Crippen molar-refractivity contribution in [2.45, 2.75) is 19.4 Å². The molecule has 22 heavy (non-hydrogen) atoms. The molecule has 2 aromatic carbocycles. The van der Waals surface area contributed by atoms with E-state index in [0.29, 0.717) is 19.4 Å². The van der Waals surface area contributed by atoms with Gasteiger partial charge < -0.3 is 9.64 Å². The summed E-state index contributed by atoms with van der Waals surface area (Å²) in [6.07, 6.45) is 1.11. The van der Waals surface area contributed by atoms with Gasteiger partial charge in [-0.2, -0.15) is 0 Å². The molecule has 0 radical (unpaired) electrons. The maximum Gasteiger partial charge on any atom is 0.222 e. The van der Waals surface area contributed by atoms with E-state index in [1.54, 1.807) is 25.1 Å². The molecule has 0 aliphatic carbocycles. The SMILES string of the molecule is COc1ccc(CCC(=O)N(C)Cc2cccc(F)c2)cc1. The summed E-state index contributed by atoms with van der Waals surface area (Å²) in [5, 5.41) is 0. The number of benzene rings is 2. The zero-order chi connectivity index (χ0) is 15.9. The van der Waals surface area contributed by atoms with Crippen molar-refractivity contribution in [3.63, 3.8) is 0 Å². The average molecular weight is 301 g/mol. The third kappa shape index (κ3) is 4.58. The van der Waals surface area contributed by atoms with Crippen LogP contribution in [0.15, 0.2) is 48.5 Å². The van der Waals surface area contributed by atoms with E-state index in [1.165, 1.54) is 12.1 Å². The van der Waals surface area contributed by atoms with Crippen LogP contribution in [0.4, 0.5) is 4.39 Å². The minimum atomic E-state index is -0.281. The first-order valence-electron chi connectivity index (χ1n) is 7.20. The maximum atomic E-state index is 13.1. The van der Waals surface area contributed by atoms with Crippen molar-refractivity contribution in [2.24, 2.45) is 0 Å². The molecular weight excluding hydrogens is 281 g/mol. The monoisotopic (exact) mass is 301 g/mol. The van der Waals surface area contributed by atoms with Crippen LogP contribution < -0.4 is 4.74 Å². The molecule has 0 N–H and O–H groups in total. The number of rotatable bonds is 6. The fourth-order valence-corrected chi connectivity index (χ4v) is 2.23. The number of aryl methyl sites for hydroxylation is 1. The zero-order valence-electron chi connectivity index (χ0n) is 12.9. The minimum absolute atomic E-state index is 0.0417. The highest BCUT2D eigenvalue weighted by atomic mass is 19.1. The summed E-state index contributed by atoms with van der Waals surface area (Å²) in [7, 11) is 3.36. The number of carbonyl (C=O) groups excluding carboxylic acids is 1. The highest BCUT2D eigenvalue weighted by molar-refractivity contribution is 5.76. The lowest BCUT2D eigenvalue weighted by atomic mass is 10.1. The lowest BCUT2D eigenvalue weighted by molar-refractivity contribution is -0.130. The van der Waals surface area contributed by atoms with Crippen LogP contribution in [0, 0.1) is 5.82 Å². The number of amides is 1. The molecule has 0 saturated heterocycles. The Morgan fingerprint density at radius 1 is 1.14 bits per heavy atom. The molecule has 2 rings (SSSR count). The Labute approximate surface area is 130 Å². The van der Waals surface area contributed by atoms with Crippen molar-refractivity contribution in [2.75, 3.05) is 14.2 Å². The number of methoxy groups -OCH3 is 1. The first kappa shape index (κ1) is 16.0. The average Bonchev–Trinajstić information content (AvgIpc) is 2.53. The Morgan fingerprint density at radius 3 is 2.50 bits per heavy atom. The standard InChI is InChI=1S/C18H20FNO2/c1-20(13-15-4-3-5-16(19)12-15)18(21)11-8-14-6-9-17(22-2)10-7-14/h3-7,9-10,12H,8,11,13H2,1-2H3. The van der Waals surface area contributed by atoms with Gasteiger partial charge in [0.15, 0.2) is 0 Å². The van der Waals surface area contributed by atoms with Crippen LogP contribution in [0.25, 0.3) is 0 Å². The van der Waals surface area contributed by atoms with Crippen molar-refractivity contribution in [3.8, 4) is 5.75 Å². The lowest BCUT2D eigenvalue weighted by Gasteiger charge is -2.17. The second-order valence-electron chi connectivity index (χ2n) is 5.23. The molecular formula is C18H20FNO2. The van der Waals surface area contributed by atoms with Gasteiger partial charge in [-0.3, -0.25) is 4.79 Å². The normalized spacial score (nSPS) is 10.3. The number of hydrogen-bond acceptors (Lipinski definition) is 2. The number of carbonyl (C=O) groups is 1. The Balaban J connectivity index is 1.85. The van der Waals surface area contributed by atoms with Crippen molar-refractivity contribution in [1.29, 1.82) is 0 Å². The summed E-state index contributed by atoms with van der Waals surface area (Å²) in [5.41, 5.74) is 1.88. The molecule has 0 unspecified atom stereocenters. The third-order valence-electron chi connectivity index (χ3n) is 3.52. The van der Waals surface area contributed by atoms with Crippen LogP contribution in [-0.2, 0) is 17.8 Å². The number of hydrogen-bond donors (Lipinski definition) is 0. The summed E-state index contributed by atoms with van der Waals surface area (Å²) in [4.78, 5) is 13.8. The van der Waals surface area contributed by atoms with E-state index >= 15 is 0 Å². The van der Waals surface area contributed by atoms with Gasteiger partial charge in [-0.15, -0.1) is 0 Å². The number of halogens is 1. The Hall–Kier alpha value is -2.36. The quantitative estimate of drug-likeness (QED) is 0.818. The summed E-state index contributed by atoms with van der Waals surface area (Å²) < 4.78 is 18.2. The van der Waals surface area contributed by atoms with Crippen molar-refractivity contribution >= 4 is 5.91 Å². The molecule has 0 saturated carbocycles. The molecule has 0 aliphatic heterocycles. The van der Waals surface area contributed by atoms with Gasteiger partial charge >= 0.3 is 0 Å². The van der Waals surface area contributed by atoms with Crippen LogP contribution in [0.2, 0.25) is 0 Å². The van der Waals surface area contributed by atoms with E-state index in [4.69, 9.17) is 4.74 Å². The van der Waals surface area contributed by atoms with Crippen molar-refractivity contribution in [1.82, 2.24) is 4.90 Å². The highest BCUT2D eigenvalue weighted by Gasteiger charge is 2.10. The molecule has 3 nitrogen and oxygen atoms in total. The molecule has 0 heterocycles. The first-order chi connectivity index (χ1) is 10.6. The summed E-state index contributed by atoms with van der Waals surface area (Å²) in [6, 6.07) is 14.0. The molecule has 2 aromatic rings. The van der Waals surface area contributed by atoms with Gasteiger partial charge in [0.05, 0.1) is 7.11 Å². The predicted molar refractivity (Wildman–Crippen MR) is 84.2 cm³/mol. The Bertz CT molecular complexity index is 625. The highest BCUT2D eigenvalue weighted by Crippen LogP contribution is 2.13. The van der Waals surface area contributed by atoms with Gasteiger partial charge in [-0.25, -0.2) is 4.39 Å². The lowest BCUT2D eigenvalue weighted by Crippen LogP contribution is -2.26.